The minimum atomic E-state index is 0.130. The summed E-state index contributed by atoms with van der Waals surface area (Å²) in [6.07, 6.45) is 5.83. The van der Waals surface area contributed by atoms with Gasteiger partial charge in [0.15, 0.2) is 0 Å². The number of likely N-dealkylation sites (tertiary alicyclic amines) is 1. The van der Waals surface area contributed by atoms with Gasteiger partial charge in [-0.2, -0.15) is 0 Å². The molecule has 2 aromatic heterocycles. The number of amides is 1. The quantitative estimate of drug-likeness (QED) is 0.566. The lowest BCUT2D eigenvalue weighted by molar-refractivity contribution is -0.134. The molecule has 0 radical (unpaired) electrons. The second-order valence-corrected chi connectivity index (χ2v) is 9.43. The molecule has 6 nitrogen and oxygen atoms in total. The Morgan fingerprint density at radius 2 is 2.03 bits per heavy atom. The van der Waals surface area contributed by atoms with Crippen LogP contribution in [0, 0.1) is 13.8 Å². The summed E-state index contributed by atoms with van der Waals surface area (Å²) in [6, 6.07) is 8.69. The summed E-state index contributed by atoms with van der Waals surface area (Å²) in [5.41, 5.74) is 3.54. The Balaban J connectivity index is 1.51. The van der Waals surface area contributed by atoms with Crippen LogP contribution in [0.25, 0.3) is 21.3 Å². The number of benzene rings is 1. The number of carbonyl (C=O) groups is 1. The fourth-order valence-electron chi connectivity index (χ4n) is 4.46. The van der Waals surface area contributed by atoms with E-state index in [1.54, 1.807) is 17.7 Å². The number of hydrogen-bond acceptors (Lipinski definition) is 6. The summed E-state index contributed by atoms with van der Waals surface area (Å²) in [4.78, 5) is 25.9. The van der Waals surface area contributed by atoms with Crippen LogP contribution in [-0.4, -0.2) is 51.6 Å². The van der Waals surface area contributed by atoms with Crippen LogP contribution < -0.4 is 5.32 Å². The molecule has 1 atom stereocenters. The van der Waals surface area contributed by atoms with Gasteiger partial charge in [0.2, 0.25) is 5.91 Å². The van der Waals surface area contributed by atoms with Gasteiger partial charge in [-0.3, -0.25) is 4.79 Å². The lowest BCUT2D eigenvalue weighted by Crippen LogP contribution is -2.44. The summed E-state index contributed by atoms with van der Waals surface area (Å²) >= 11 is 1.67. The highest BCUT2D eigenvalue weighted by molar-refractivity contribution is 7.19. The number of nitrogens with zero attached hydrogens (tertiary/aromatic N) is 3. The average molecular weight is 439 g/mol. The van der Waals surface area contributed by atoms with Crippen molar-refractivity contribution in [3.05, 3.63) is 41.0 Å². The minimum Gasteiger partial charge on any atom is -0.396 e. The van der Waals surface area contributed by atoms with Crippen LogP contribution in [0.15, 0.2) is 30.6 Å². The molecule has 1 saturated heterocycles. The van der Waals surface area contributed by atoms with E-state index in [1.165, 1.54) is 10.4 Å². The number of aliphatic hydroxyl groups is 1. The first kappa shape index (κ1) is 21.7. The fraction of sp³-hybridized carbons (Fsp3) is 0.458. The number of aryl methyl sites for hydroxylation is 2. The Bertz CT molecular complexity index is 1050. The van der Waals surface area contributed by atoms with Crippen molar-refractivity contribution in [2.45, 2.75) is 52.0 Å². The predicted molar refractivity (Wildman–Crippen MR) is 126 cm³/mol. The van der Waals surface area contributed by atoms with E-state index >= 15 is 0 Å². The maximum absolute atomic E-state index is 12.8. The van der Waals surface area contributed by atoms with Crippen molar-refractivity contribution < 1.29 is 9.90 Å². The average Bonchev–Trinajstić information content (AvgIpc) is 3.11. The molecule has 0 aliphatic carbocycles. The van der Waals surface area contributed by atoms with Crippen LogP contribution in [0.4, 0.5) is 5.82 Å². The number of rotatable bonds is 7. The minimum absolute atomic E-state index is 0.130. The molecule has 0 spiro atoms. The van der Waals surface area contributed by atoms with E-state index in [1.807, 2.05) is 4.90 Å². The Kier molecular flexibility index (Phi) is 6.83. The van der Waals surface area contributed by atoms with E-state index in [0.717, 1.165) is 53.0 Å². The molecule has 1 fully saturated rings. The van der Waals surface area contributed by atoms with E-state index in [2.05, 4.69) is 53.4 Å². The first-order valence-corrected chi connectivity index (χ1v) is 11.9. The molecule has 3 aromatic rings. The molecule has 3 heterocycles. The number of carbonyl (C=O) groups excluding carboxylic acids is 1. The van der Waals surface area contributed by atoms with E-state index < -0.39 is 0 Å². The van der Waals surface area contributed by atoms with Crippen molar-refractivity contribution in [2.24, 2.45) is 0 Å². The molecule has 1 aliphatic heterocycles. The van der Waals surface area contributed by atoms with Gasteiger partial charge < -0.3 is 15.3 Å². The maximum Gasteiger partial charge on any atom is 0.224 e. The molecule has 164 valence electrons. The maximum atomic E-state index is 12.8. The molecular formula is C24H30N4O2S. The summed E-state index contributed by atoms with van der Waals surface area (Å²) < 4.78 is 0. The van der Waals surface area contributed by atoms with Gasteiger partial charge >= 0.3 is 0 Å². The molecule has 1 aliphatic rings. The molecule has 1 aromatic carbocycles. The molecule has 31 heavy (non-hydrogen) atoms. The van der Waals surface area contributed by atoms with Crippen molar-refractivity contribution in [3.8, 4) is 11.1 Å². The third kappa shape index (κ3) is 4.72. The highest BCUT2D eigenvalue weighted by Crippen LogP contribution is 2.40. The van der Waals surface area contributed by atoms with E-state index in [-0.39, 0.29) is 18.6 Å². The van der Waals surface area contributed by atoms with Gasteiger partial charge in [0, 0.05) is 42.6 Å². The number of nitrogens with one attached hydrogen (secondary N) is 1. The Labute approximate surface area is 187 Å². The molecule has 7 heteroatoms. The zero-order chi connectivity index (χ0) is 21.8. The van der Waals surface area contributed by atoms with Crippen LogP contribution >= 0.6 is 11.3 Å². The topological polar surface area (TPSA) is 78.4 Å². The largest absolute Gasteiger partial charge is 0.396 e. The number of piperidine rings is 1. The van der Waals surface area contributed by atoms with Crippen molar-refractivity contribution in [3.63, 3.8) is 0 Å². The second-order valence-electron chi connectivity index (χ2n) is 8.23. The van der Waals surface area contributed by atoms with Gasteiger partial charge in [0.05, 0.1) is 5.39 Å². The molecule has 4 rings (SSSR count). The molecule has 2 N–H and O–H groups in total. The van der Waals surface area contributed by atoms with Gasteiger partial charge in [-0.05, 0) is 45.1 Å². The van der Waals surface area contributed by atoms with Crippen molar-refractivity contribution in [2.75, 3.05) is 25.0 Å². The predicted octanol–water partition coefficient (Wildman–Crippen LogP) is 4.54. The Morgan fingerprint density at radius 3 is 2.81 bits per heavy atom. The van der Waals surface area contributed by atoms with Gasteiger partial charge in [0.25, 0.3) is 0 Å². The van der Waals surface area contributed by atoms with Gasteiger partial charge in [-0.25, -0.2) is 9.97 Å². The lowest BCUT2D eigenvalue weighted by Gasteiger charge is -2.35. The van der Waals surface area contributed by atoms with Gasteiger partial charge in [-0.1, -0.05) is 29.8 Å². The Hall–Kier alpha value is -2.51. The fourth-order valence-corrected chi connectivity index (χ4v) is 5.47. The highest BCUT2D eigenvalue weighted by atomic mass is 32.1. The standard InChI is InChI=1S/C24H30N4O2S/c1-16-6-8-18(9-7-16)21-17(2)31-24-22(21)23(26-15-27-24)25-12-10-20(30)28-13-4-3-5-19(28)11-14-29/h6-9,15,19,29H,3-5,10-14H2,1-2H3,(H,25,26,27). The third-order valence-corrected chi connectivity index (χ3v) is 7.06. The van der Waals surface area contributed by atoms with Gasteiger partial charge in [0.1, 0.15) is 17.0 Å². The van der Waals surface area contributed by atoms with E-state index in [9.17, 15) is 9.90 Å². The van der Waals surface area contributed by atoms with Crippen LogP contribution in [0.5, 0.6) is 0 Å². The normalized spacial score (nSPS) is 16.6. The van der Waals surface area contributed by atoms with Crippen molar-refractivity contribution >= 4 is 33.3 Å². The van der Waals surface area contributed by atoms with Crippen molar-refractivity contribution in [1.29, 1.82) is 0 Å². The summed E-state index contributed by atoms with van der Waals surface area (Å²) in [6.45, 7) is 5.65. The molecule has 1 amide bonds. The first-order valence-electron chi connectivity index (χ1n) is 11.0. The highest BCUT2D eigenvalue weighted by Gasteiger charge is 2.26. The molecule has 0 saturated carbocycles. The van der Waals surface area contributed by atoms with Crippen LogP contribution in [0.2, 0.25) is 0 Å². The molecule has 1 unspecified atom stereocenters. The summed E-state index contributed by atoms with van der Waals surface area (Å²) in [5.74, 6) is 0.930. The van der Waals surface area contributed by atoms with E-state index in [4.69, 9.17) is 0 Å². The van der Waals surface area contributed by atoms with Crippen molar-refractivity contribution in [1.82, 2.24) is 14.9 Å². The number of hydrogen-bond donors (Lipinski definition) is 2. The first-order chi connectivity index (χ1) is 15.1. The van der Waals surface area contributed by atoms with Crippen LogP contribution in [-0.2, 0) is 4.79 Å². The third-order valence-electron chi connectivity index (χ3n) is 6.05. The van der Waals surface area contributed by atoms with Crippen LogP contribution in [0.1, 0.15) is 42.5 Å². The molecule has 0 bridgehead atoms. The van der Waals surface area contributed by atoms with E-state index in [0.29, 0.717) is 19.4 Å². The van der Waals surface area contributed by atoms with Crippen LogP contribution in [0.3, 0.4) is 0 Å². The summed E-state index contributed by atoms with van der Waals surface area (Å²) in [5, 5.41) is 13.7. The zero-order valence-corrected chi connectivity index (χ0v) is 19.0. The lowest BCUT2D eigenvalue weighted by atomic mass is 9.99. The number of aliphatic hydroxyl groups excluding tert-OH is 1. The SMILES string of the molecule is Cc1ccc(-c2c(C)sc3ncnc(NCCC(=O)N4CCCCC4CCO)c23)cc1. The summed E-state index contributed by atoms with van der Waals surface area (Å²) in [7, 11) is 0. The number of aromatic nitrogens is 2. The number of thiophene rings is 1. The van der Waals surface area contributed by atoms with Gasteiger partial charge in [-0.15, -0.1) is 11.3 Å². The number of fused-ring (bicyclic) bond motifs is 1. The number of anilines is 1. The molecular weight excluding hydrogens is 408 g/mol. The Morgan fingerprint density at radius 1 is 1.23 bits per heavy atom. The monoisotopic (exact) mass is 438 g/mol. The smallest absolute Gasteiger partial charge is 0.224 e. The zero-order valence-electron chi connectivity index (χ0n) is 18.2. The second kappa shape index (κ2) is 9.75.